The third kappa shape index (κ3) is 4.68. The number of aromatic nitrogens is 1. The van der Waals surface area contributed by atoms with E-state index >= 15 is 0 Å². The fourth-order valence-electron chi connectivity index (χ4n) is 5.38. The Kier molecular flexibility index (Phi) is 6.22. The maximum absolute atomic E-state index is 13.2. The average molecular weight is 504 g/mol. The number of phenolic OH excluding ortho intramolecular Hbond substituents is 1. The zero-order chi connectivity index (χ0) is 26.5. The molecule has 194 valence electrons. The smallest absolute Gasteiger partial charge is 0.338 e. The van der Waals surface area contributed by atoms with Crippen LogP contribution in [0.4, 0.5) is 0 Å². The quantitative estimate of drug-likeness (QED) is 0.534. The number of carbonyl (C=O) groups is 3. The minimum Gasteiger partial charge on any atom is -0.508 e. The number of phenols is 1. The van der Waals surface area contributed by atoms with Crippen LogP contribution in [0.2, 0.25) is 0 Å². The van der Waals surface area contributed by atoms with Crippen molar-refractivity contribution >= 4 is 28.7 Å². The summed E-state index contributed by atoms with van der Waals surface area (Å²) < 4.78 is 7.62. The lowest BCUT2D eigenvalue weighted by Crippen LogP contribution is -2.61. The van der Waals surface area contributed by atoms with Crippen LogP contribution in [-0.4, -0.2) is 62.0 Å². The van der Waals surface area contributed by atoms with Gasteiger partial charge in [-0.15, -0.1) is 0 Å². The summed E-state index contributed by atoms with van der Waals surface area (Å²) in [5.41, 5.74) is 3.81. The van der Waals surface area contributed by atoms with E-state index in [1.54, 1.807) is 34.1 Å². The Morgan fingerprint density at radius 2 is 1.81 bits per heavy atom. The van der Waals surface area contributed by atoms with Crippen LogP contribution in [0.5, 0.6) is 5.75 Å². The Morgan fingerprint density at radius 1 is 1.08 bits per heavy atom. The third-order valence-electron chi connectivity index (χ3n) is 7.03. The number of hydrogen-bond acceptors (Lipinski definition) is 5. The molecular formula is C29H33N3O5. The highest BCUT2D eigenvalue weighted by atomic mass is 16.6. The van der Waals surface area contributed by atoms with Gasteiger partial charge in [-0.3, -0.25) is 9.59 Å². The van der Waals surface area contributed by atoms with Crippen molar-refractivity contribution in [3.05, 3.63) is 64.8 Å². The Hall–Kier alpha value is -3.81. The van der Waals surface area contributed by atoms with E-state index in [2.05, 4.69) is 4.57 Å². The van der Waals surface area contributed by atoms with Gasteiger partial charge in [-0.05, 0) is 68.7 Å². The van der Waals surface area contributed by atoms with E-state index in [1.807, 2.05) is 45.9 Å². The summed E-state index contributed by atoms with van der Waals surface area (Å²) in [6.07, 6.45) is 1.22. The first-order chi connectivity index (χ1) is 17.6. The fourth-order valence-corrected chi connectivity index (χ4v) is 5.38. The lowest BCUT2D eigenvalue weighted by atomic mass is 9.93. The molecule has 1 N–H and O–H groups in total. The molecule has 3 aromatic rings. The maximum atomic E-state index is 13.2. The Morgan fingerprint density at radius 3 is 2.49 bits per heavy atom. The van der Waals surface area contributed by atoms with E-state index in [9.17, 15) is 19.5 Å². The predicted octanol–water partition coefficient (Wildman–Crippen LogP) is 3.86. The van der Waals surface area contributed by atoms with Crippen molar-refractivity contribution in [3.8, 4) is 5.75 Å². The van der Waals surface area contributed by atoms with Crippen molar-refractivity contribution in [2.45, 2.75) is 65.3 Å². The molecule has 0 bridgehead atoms. The van der Waals surface area contributed by atoms with Gasteiger partial charge >= 0.3 is 5.97 Å². The molecule has 1 unspecified atom stereocenters. The van der Waals surface area contributed by atoms with Crippen LogP contribution >= 0.6 is 0 Å². The molecule has 0 saturated carbocycles. The molecule has 3 heterocycles. The first-order valence-electron chi connectivity index (χ1n) is 12.8. The topological polar surface area (TPSA) is 92.1 Å². The van der Waals surface area contributed by atoms with Crippen LogP contribution in [0, 0.1) is 0 Å². The second-order valence-electron chi connectivity index (χ2n) is 10.9. The number of fused-ring (bicyclic) bond motifs is 4. The van der Waals surface area contributed by atoms with Gasteiger partial charge in [0.25, 0.3) is 0 Å². The minimum absolute atomic E-state index is 0.00844. The van der Waals surface area contributed by atoms with E-state index in [1.165, 1.54) is 0 Å². The van der Waals surface area contributed by atoms with Gasteiger partial charge in [0.05, 0.1) is 18.7 Å². The summed E-state index contributed by atoms with van der Waals surface area (Å²) >= 11 is 0. The van der Waals surface area contributed by atoms with Crippen LogP contribution < -0.4 is 0 Å². The first-order valence-corrected chi connectivity index (χ1v) is 12.8. The van der Waals surface area contributed by atoms with E-state index in [4.69, 9.17) is 4.74 Å². The predicted molar refractivity (Wildman–Crippen MR) is 139 cm³/mol. The van der Waals surface area contributed by atoms with Crippen molar-refractivity contribution in [1.82, 2.24) is 14.4 Å². The molecule has 1 aromatic heterocycles. The second kappa shape index (κ2) is 9.25. The zero-order valence-electron chi connectivity index (χ0n) is 21.8. The number of aromatic hydroxyl groups is 1. The molecule has 37 heavy (non-hydrogen) atoms. The van der Waals surface area contributed by atoms with Crippen molar-refractivity contribution in [2.75, 3.05) is 13.1 Å². The van der Waals surface area contributed by atoms with Crippen molar-refractivity contribution < 1.29 is 24.2 Å². The molecule has 2 aliphatic heterocycles. The molecular weight excluding hydrogens is 470 g/mol. The number of carbonyl (C=O) groups excluding carboxylic acids is 3. The van der Waals surface area contributed by atoms with Crippen molar-refractivity contribution in [1.29, 1.82) is 0 Å². The normalized spacial score (nSPS) is 17.7. The highest BCUT2D eigenvalue weighted by molar-refractivity contribution is 5.97. The molecule has 1 fully saturated rings. The van der Waals surface area contributed by atoms with Gasteiger partial charge < -0.3 is 24.2 Å². The Balaban J connectivity index is 1.50. The fraction of sp³-hybridized carbons (Fsp3) is 0.414. The number of benzene rings is 2. The van der Waals surface area contributed by atoms with Crippen molar-refractivity contribution in [2.24, 2.45) is 0 Å². The molecule has 0 spiro atoms. The highest BCUT2D eigenvalue weighted by Crippen LogP contribution is 2.37. The SMILES string of the molecule is CCCN1CC(=O)N2Cc3c(c4cc(O)ccc4n3Cc3ccc(C(=O)OC(C)(C)C)cc3)CC2C1=O. The number of piperazine rings is 1. The largest absolute Gasteiger partial charge is 0.508 e. The molecule has 5 rings (SSSR count). The average Bonchev–Trinajstić information content (AvgIpc) is 3.13. The molecule has 0 aliphatic carbocycles. The molecule has 0 radical (unpaired) electrons. The van der Waals surface area contributed by atoms with Gasteiger partial charge in [0.1, 0.15) is 17.4 Å². The molecule has 8 nitrogen and oxygen atoms in total. The summed E-state index contributed by atoms with van der Waals surface area (Å²) in [4.78, 5) is 42.1. The number of ether oxygens (including phenoxy) is 1. The van der Waals surface area contributed by atoms with E-state index in [0.717, 1.165) is 34.1 Å². The van der Waals surface area contributed by atoms with Gasteiger partial charge in [-0.1, -0.05) is 19.1 Å². The zero-order valence-corrected chi connectivity index (χ0v) is 21.8. The van der Waals surface area contributed by atoms with Crippen LogP contribution in [0.15, 0.2) is 42.5 Å². The Labute approximate surface area is 216 Å². The molecule has 2 aromatic carbocycles. The standard InChI is InChI=1S/C29H33N3O5/c1-5-12-30-17-26(34)32-16-25-22(14-24(32)27(30)35)21-13-20(33)10-11-23(21)31(25)15-18-6-8-19(9-7-18)28(36)37-29(2,3)4/h6-11,13,24,33H,5,12,14-17H2,1-4H3. The molecule has 8 heteroatoms. The molecule has 2 amide bonds. The van der Waals surface area contributed by atoms with Gasteiger partial charge in [0.15, 0.2) is 0 Å². The van der Waals surface area contributed by atoms with Gasteiger partial charge in [-0.2, -0.15) is 0 Å². The summed E-state index contributed by atoms with van der Waals surface area (Å²) in [5.74, 6) is -0.249. The number of amides is 2. The van der Waals surface area contributed by atoms with Crippen LogP contribution in [0.25, 0.3) is 10.9 Å². The van der Waals surface area contributed by atoms with E-state index in [-0.39, 0.29) is 30.1 Å². The van der Waals surface area contributed by atoms with Crippen LogP contribution in [0.1, 0.15) is 61.3 Å². The molecule has 1 atom stereocenters. The highest BCUT2D eigenvalue weighted by Gasteiger charge is 2.43. The van der Waals surface area contributed by atoms with Gasteiger partial charge in [-0.25, -0.2) is 4.79 Å². The summed E-state index contributed by atoms with van der Waals surface area (Å²) in [7, 11) is 0. The third-order valence-corrected chi connectivity index (χ3v) is 7.03. The lowest BCUT2D eigenvalue weighted by Gasteiger charge is -2.43. The summed E-state index contributed by atoms with van der Waals surface area (Å²) in [6.45, 7) is 9.07. The van der Waals surface area contributed by atoms with E-state index in [0.29, 0.717) is 31.6 Å². The number of rotatable bonds is 5. The summed E-state index contributed by atoms with van der Waals surface area (Å²) in [6, 6.07) is 12.1. The molecule has 2 aliphatic rings. The van der Waals surface area contributed by atoms with Gasteiger partial charge in [0.2, 0.25) is 11.8 Å². The van der Waals surface area contributed by atoms with Gasteiger partial charge in [0, 0.05) is 36.1 Å². The number of nitrogens with zero attached hydrogens (tertiary/aromatic N) is 3. The van der Waals surface area contributed by atoms with Crippen LogP contribution in [0.3, 0.4) is 0 Å². The van der Waals surface area contributed by atoms with Crippen LogP contribution in [-0.2, 0) is 33.8 Å². The first kappa shape index (κ1) is 24.9. The Bertz CT molecular complexity index is 1380. The number of esters is 1. The monoisotopic (exact) mass is 503 g/mol. The second-order valence-corrected chi connectivity index (χ2v) is 10.9. The maximum Gasteiger partial charge on any atom is 0.338 e. The minimum atomic E-state index is -0.566. The van der Waals surface area contributed by atoms with Crippen molar-refractivity contribution in [3.63, 3.8) is 0 Å². The molecule has 1 saturated heterocycles. The lowest BCUT2D eigenvalue weighted by molar-refractivity contribution is -0.157. The number of hydrogen-bond donors (Lipinski definition) is 1. The summed E-state index contributed by atoms with van der Waals surface area (Å²) in [5, 5.41) is 11.1. The van der Waals surface area contributed by atoms with E-state index < -0.39 is 11.6 Å².